The van der Waals surface area contributed by atoms with Crippen LogP contribution in [0.5, 0.6) is 0 Å². The summed E-state index contributed by atoms with van der Waals surface area (Å²) >= 11 is 5.43. The Morgan fingerprint density at radius 3 is 2.62 bits per heavy atom. The van der Waals surface area contributed by atoms with E-state index in [4.69, 9.17) is 18.0 Å². The number of halogens is 1. The van der Waals surface area contributed by atoms with Crippen LogP contribution in [0.2, 0.25) is 0 Å². The van der Waals surface area contributed by atoms with Crippen molar-refractivity contribution in [3.63, 3.8) is 0 Å². The van der Waals surface area contributed by atoms with Crippen LogP contribution >= 0.6 is 11.6 Å². The van der Waals surface area contributed by atoms with E-state index >= 15 is 0 Å². The first-order chi connectivity index (χ1) is 5.99. The summed E-state index contributed by atoms with van der Waals surface area (Å²) in [6.07, 6.45) is 4.98. The summed E-state index contributed by atoms with van der Waals surface area (Å²) in [5.74, 6) is 1.74. The molecule has 13 heavy (non-hydrogen) atoms. The fraction of sp³-hybridized carbons (Fsp3) is 0.500. The van der Waals surface area contributed by atoms with Gasteiger partial charge in [-0.25, -0.2) is 4.79 Å². The number of carbonyl (C=O) groups excluding carboxylic acids is 2. The molecule has 72 valence electrons. The molecule has 5 heteroatoms. The lowest BCUT2D eigenvalue weighted by Crippen LogP contribution is -2.43. The molecule has 3 amide bonds. The van der Waals surface area contributed by atoms with Gasteiger partial charge in [0, 0.05) is 7.05 Å². The van der Waals surface area contributed by atoms with E-state index in [1.165, 1.54) is 18.9 Å². The van der Waals surface area contributed by atoms with E-state index < -0.39 is 17.3 Å². The highest BCUT2D eigenvalue weighted by Gasteiger charge is 2.14. The molecule has 1 unspecified atom stereocenters. The van der Waals surface area contributed by atoms with Crippen LogP contribution in [0.1, 0.15) is 6.92 Å². The molecule has 0 aromatic rings. The van der Waals surface area contributed by atoms with Crippen LogP contribution in [-0.2, 0) is 4.79 Å². The van der Waals surface area contributed by atoms with E-state index in [1.807, 2.05) is 0 Å². The third-order valence-electron chi connectivity index (χ3n) is 1.27. The maximum absolute atomic E-state index is 11.1. The second-order valence-corrected chi connectivity index (χ2v) is 3.13. The molecular weight excluding hydrogens is 192 g/mol. The van der Waals surface area contributed by atoms with Crippen LogP contribution in [0.15, 0.2) is 0 Å². The van der Waals surface area contributed by atoms with Crippen molar-refractivity contribution >= 4 is 23.5 Å². The molecular formula is C8H11ClN2O2. The van der Waals surface area contributed by atoms with Gasteiger partial charge in [-0.15, -0.1) is 18.0 Å². The molecule has 0 aliphatic rings. The fourth-order valence-corrected chi connectivity index (χ4v) is 0.564. The molecule has 0 aliphatic carbocycles. The zero-order chi connectivity index (χ0) is 10.4. The number of urea groups is 1. The molecule has 0 saturated carbocycles. The SMILES string of the molecule is C#CCN(C)C(=O)NC(=O)C(C)Cl. The summed E-state index contributed by atoms with van der Waals surface area (Å²) in [5, 5.41) is 1.35. The number of hydrogen-bond donors (Lipinski definition) is 1. The van der Waals surface area contributed by atoms with Gasteiger partial charge in [-0.2, -0.15) is 0 Å². The number of nitrogens with one attached hydrogen (secondary N) is 1. The molecule has 0 aliphatic heterocycles. The maximum Gasteiger partial charge on any atom is 0.324 e. The topological polar surface area (TPSA) is 49.4 Å². The zero-order valence-corrected chi connectivity index (χ0v) is 8.26. The van der Waals surface area contributed by atoms with Crippen LogP contribution in [0.4, 0.5) is 4.79 Å². The van der Waals surface area contributed by atoms with Crippen molar-refractivity contribution in [1.29, 1.82) is 0 Å². The van der Waals surface area contributed by atoms with E-state index in [0.717, 1.165) is 0 Å². The van der Waals surface area contributed by atoms with Crippen molar-refractivity contribution in [3.05, 3.63) is 0 Å². The average Bonchev–Trinajstić information content (AvgIpc) is 2.04. The summed E-state index contributed by atoms with van der Waals surface area (Å²) < 4.78 is 0. The number of nitrogens with zero attached hydrogens (tertiary/aromatic N) is 1. The van der Waals surface area contributed by atoms with Gasteiger partial charge in [-0.05, 0) is 6.92 Å². The van der Waals surface area contributed by atoms with Crippen molar-refractivity contribution in [2.75, 3.05) is 13.6 Å². The maximum atomic E-state index is 11.1. The lowest BCUT2D eigenvalue weighted by atomic mass is 10.4. The van der Waals surface area contributed by atoms with E-state index in [9.17, 15) is 9.59 Å². The van der Waals surface area contributed by atoms with Crippen LogP contribution < -0.4 is 5.32 Å². The van der Waals surface area contributed by atoms with Crippen LogP contribution in [0.3, 0.4) is 0 Å². The molecule has 0 heterocycles. The predicted molar refractivity (Wildman–Crippen MR) is 50.3 cm³/mol. The second kappa shape index (κ2) is 5.44. The summed E-state index contributed by atoms with van der Waals surface area (Å²) in [6, 6.07) is -0.546. The van der Waals surface area contributed by atoms with Gasteiger partial charge in [0.1, 0.15) is 5.38 Å². The highest BCUT2D eigenvalue weighted by atomic mass is 35.5. The van der Waals surface area contributed by atoms with Gasteiger partial charge in [0.25, 0.3) is 0 Å². The Labute approximate surface area is 82.2 Å². The Bertz CT molecular complexity index is 245. The number of alkyl halides is 1. The van der Waals surface area contributed by atoms with Gasteiger partial charge in [0.2, 0.25) is 5.91 Å². The molecule has 0 radical (unpaired) electrons. The molecule has 0 rings (SSSR count). The molecule has 0 spiro atoms. The average molecular weight is 203 g/mol. The molecule has 4 nitrogen and oxygen atoms in total. The molecule has 0 aromatic carbocycles. The van der Waals surface area contributed by atoms with E-state index in [2.05, 4.69) is 11.2 Å². The Morgan fingerprint density at radius 2 is 2.23 bits per heavy atom. The third-order valence-corrected chi connectivity index (χ3v) is 1.46. The Kier molecular flexibility index (Phi) is 4.93. The molecule has 0 fully saturated rings. The minimum absolute atomic E-state index is 0.149. The minimum atomic E-state index is -0.733. The van der Waals surface area contributed by atoms with Crippen molar-refractivity contribution in [3.8, 4) is 12.3 Å². The van der Waals surface area contributed by atoms with Crippen molar-refractivity contribution in [1.82, 2.24) is 10.2 Å². The van der Waals surface area contributed by atoms with E-state index in [-0.39, 0.29) is 6.54 Å². The largest absolute Gasteiger partial charge is 0.324 e. The molecule has 0 saturated heterocycles. The zero-order valence-electron chi connectivity index (χ0n) is 7.50. The van der Waals surface area contributed by atoms with E-state index in [0.29, 0.717) is 0 Å². The number of amides is 3. The summed E-state index contributed by atoms with van der Waals surface area (Å²) in [5.41, 5.74) is 0. The fourth-order valence-electron chi connectivity index (χ4n) is 0.509. The first-order valence-electron chi connectivity index (χ1n) is 3.62. The highest BCUT2D eigenvalue weighted by molar-refractivity contribution is 6.31. The van der Waals surface area contributed by atoms with Crippen molar-refractivity contribution < 1.29 is 9.59 Å². The quantitative estimate of drug-likeness (QED) is 0.521. The normalized spacial score (nSPS) is 11.2. The highest BCUT2D eigenvalue weighted by Crippen LogP contribution is 1.93. The lowest BCUT2D eigenvalue weighted by molar-refractivity contribution is -0.119. The smallest absolute Gasteiger partial charge is 0.316 e. The Morgan fingerprint density at radius 1 is 1.69 bits per heavy atom. The Balaban J connectivity index is 4.02. The van der Waals surface area contributed by atoms with Crippen molar-refractivity contribution in [2.45, 2.75) is 12.3 Å². The first kappa shape index (κ1) is 11.8. The Hall–Kier alpha value is -1.21. The number of carbonyl (C=O) groups is 2. The van der Waals surface area contributed by atoms with Gasteiger partial charge in [-0.3, -0.25) is 10.1 Å². The monoisotopic (exact) mass is 202 g/mol. The second-order valence-electron chi connectivity index (χ2n) is 2.47. The third kappa shape index (κ3) is 4.38. The van der Waals surface area contributed by atoms with Crippen LogP contribution in [0.25, 0.3) is 0 Å². The molecule has 0 aromatic heterocycles. The minimum Gasteiger partial charge on any atom is -0.316 e. The summed E-state index contributed by atoms with van der Waals surface area (Å²) in [6.45, 7) is 1.63. The van der Waals surface area contributed by atoms with Gasteiger partial charge < -0.3 is 4.90 Å². The van der Waals surface area contributed by atoms with Crippen LogP contribution in [0, 0.1) is 12.3 Å². The van der Waals surface area contributed by atoms with Gasteiger partial charge in [0.15, 0.2) is 0 Å². The van der Waals surface area contributed by atoms with Gasteiger partial charge in [-0.1, -0.05) is 5.92 Å². The van der Waals surface area contributed by atoms with E-state index in [1.54, 1.807) is 0 Å². The molecule has 0 bridgehead atoms. The number of imide groups is 1. The molecule has 1 N–H and O–H groups in total. The predicted octanol–water partition coefficient (Wildman–Crippen LogP) is 0.415. The standard InChI is InChI=1S/C8H11ClN2O2/c1-4-5-11(3)8(13)10-7(12)6(2)9/h1,6H,5H2,2-3H3,(H,10,12,13). The number of terminal acetylenes is 1. The summed E-state index contributed by atoms with van der Waals surface area (Å²) in [7, 11) is 1.49. The number of rotatable bonds is 2. The number of hydrogen-bond acceptors (Lipinski definition) is 2. The van der Waals surface area contributed by atoms with Gasteiger partial charge in [0.05, 0.1) is 6.54 Å². The molecule has 1 atom stereocenters. The van der Waals surface area contributed by atoms with Gasteiger partial charge >= 0.3 is 6.03 Å². The van der Waals surface area contributed by atoms with Crippen LogP contribution in [-0.4, -0.2) is 35.8 Å². The van der Waals surface area contributed by atoms with Crippen molar-refractivity contribution in [2.24, 2.45) is 0 Å². The summed E-state index contributed by atoms with van der Waals surface area (Å²) in [4.78, 5) is 23.2. The first-order valence-corrected chi connectivity index (χ1v) is 4.06. The lowest BCUT2D eigenvalue weighted by Gasteiger charge is -2.14.